The largest absolute Gasteiger partial charge is 0.387 e. The summed E-state index contributed by atoms with van der Waals surface area (Å²) in [5.41, 5.74) is -0.895. The average molecular weight is 504 g/mol. The van der Waals surface area contributed by atoms with Crippen molar-refractivity contribution in [3.8, 4) is 0 Å². The summed E-state index contributed by atoms with van der Waals surface area (Å²) in [7, 11) is -0.897. The maximum Gasteiger partial charge on any atom is 0.191 e. The van der Waals surface area contributed by atoms with Crippen LogP contribution < -0.4 is 10.6 Å². The van der Waals surface area contributed by atoms with E-state index in [9.17, 15) is 9.32 Å². The minimum Gasteiger partial charge on any atom is -0.387 e. The van der Waals surface area contributed by atoms with Crippen LogP contribution in [0.15, 0.2) is 4.99 Å². The molecule has 3 N–H and O–H groups in total. The molecule has 1 fully saturated rings. The monoisotopic (exact) mass is 504 g/mol. The second kappa shape index (κ2) is 12.5. The molecule has 2 unspecified atom stereocenters. The maximum absolute atomic E-state index is 12.1. The SMILES string of the molecule is CCNC(=NCC(C)(O)CN1CCOCC1)NCCS(=O)C(C)(C)C.I. The van der Waals surface area contributed by atoms with Gasteiger partial charge in [0.25, 0.3) is 0 Å². The molecule has 1 aliphatic heterocycles. The van der Waals surface area contributed by atoms with Gasteiger partial charge in [-0.05, 0) is 34.6 Å². The van der Waals surface area contributed by atoms with Crippen molar-refractivity contribution in [2.75, 3.05) is 58.2 Å². The molecule has 0 bridgehead atoms. The molecule has 0 amide bonds. The van der Waals surface area contributed by atoms with Gasteiger partial charge in [-0.3, -0.25) is 14.1 Å². The summed E-state index contributed by atoms with van der Waals surface area (Å²) in [5, 5.41) is 17.0. The molecule has 0 aliphatic carbocycles. The summed E-state index contributed by atoms with van der Waals surface area (Å²) in [6, 6.07) is 0. The fraction of sp³-hybridized carbons (Fsp3) is 0.941. The first-order valence-corrected chi connectivity index (χ1v) is 10.4. The van der Waals surface area contributed by atoms with Crippen LogP contribution in [0.5, 0.6) is 0 Å². The fourth-order valence-corrected chi connectivity index (χ4v) is 3.35. The highest BCUT2D eigenvalue weighted by Gasteiger charge is 2.25. The summed E-state index contributed by atoms with van der Waals surface area (Å²) < 4.78 is 17.2. The van der Waals surface area contributed by atoms with E-state index in [0.717, 1.165) is 19.6 Å². The molecule has 0 aromatic heterocycles. The summed E-state index contributed by atoms with van der Waals surface area (Å²) in [6.07, 6.45) is 0. The maximum atomic E-state index is 12.1. The number of aliphatic hydroxyl groups is 1. The van der Waals surface area contributed by atoms with E-state index in [4.69, 9.17) is 4.74 Å². The van der Waals surface area contributed by atoms with Gasteiger partial charge < -0.3 is 20.5 Å². The Morgan fingerprint density at radius 1 is 1.23 bits per heavy atom. The number of nitrogens with one attached hydrogen (secondary N) is 2. The molecule has 26 heavy (non-hydrogen) atoms. The first kappa shape index (κ1) is 26.0. The van der Waals surface area contributed by atoms with Crippen molar-refractivity contribution in [1.29, 1.82) is 0 Å². The van der Waals surface area contributed by atoms with Gasteiger partial charge in [0.2, 0.25) is 0 Å². The van der Waals surface area contributed by atoms with Crippen LogP contribution in [0, 0.1) is 0 Å². The number of ether oxygens (including phenoxy) is 1. The van der Waals surface area contributed by atoms with Crippen molar-refractivity contribution in [3.05, 3.63) is 0 Å². The Bertz CT molecular complexity index is 450. The standard InChI is InChI=1S/C17H36N4O3S.HI/c1-6-18-15(19-7-12-25(23)16(2,3)4)20-13-17(5,22)14-21-8-10-24-11-9-21;/h22H,6-14H2,1-5H3,(H2,18,19,20);1H. The number of nitrogens with zero attached hydrogens (tertiary/aromatic N) is 2. The van der Waals surface area contributed by atoms with Crippen molar-refractivity contribution in [1.82, 2.24) is 15.5 Å². The Kier molecular flexibility index (Phi) is 12.5. The Balaban J connectivity index is 0.00000625. The zero-order valence-corrected chi connectivity index (χ0v) is 20.0. The summed E-state index contributed by atoms with van der Waals surface area (Å²) in [6.45, 7) is 15.1. The zero-order chi connectivity index (χ0) is 18.9. The number of morpholine rings is 1. The third-order valence-corrected chi connectivity index (χ3v) is 5.79. The van der Waals surface area contributed by atoms with Crippen molar-refractivity contribution in [2.45, 2.75) is 45.0 Å². The normalized spacial score (nSPS) is 20.0. The Morgan fingerprint density at radius 2 is 1.85 bits per heavy atom. The lowest BCUT2D eigenvalue weighted by molar-refractivity contribution is -0.0179. The van der Waals surface area contributed by atoms with E-state index >= 15 is 0 Å². The summed E-state index contributed by atoms with van der Waals surface area (Å²) in [4.78, 5) is 6.70. The second-order valence-electron chi connectivity index (χ2n) is 7.67. The summed E-state index contributed by atoms with van der Waals surface area (Å²) in [5.74, 6) is 1.22. The molecule has 0 aromatic rings. The minimum atomic E-state index is -0.897. The van der Waals surface area contributed by atoms with Crippen molar-refractivity contribution in [3.63, 3.8) is 0 Å². The van der Waals surface area contributed by atoms with E-state index in [1.807, 2.05) is 34.6 Å². The minimum absolute atomic E-state index is 0. The van der Waals surface area contributed by atoms with Crippen LogP contribution in [0.2, 0.25) is 0 Å². The highest BCUT2D eigenvalue weighted by Crippen LogP contribution is 2.11. The molecule has 156 valence electrons. The number of hydrogen-bond acceptors (Lipinski definition) is 5. The molecular formula is C17H37IN4O3S. The molecule has 1 rings (SSSR count). The van der Waals surface area contributed by atoms with E-state index in [1.54, 1.807) is 0 Å². The number of β-amino-alcohol motifs (C(OH)–C–C–N with tert-alkyl or cyclic N) is 1. The first-order chi connectivity index (χ1) is 11.6. The van der Waals surface area contributed by atoms with Crippen LogP contribution in [0.3, 0.4) is 0 Å². The van der Waals surface area contributed by atoms with Crippen LogP contribution in [-0.2, 0) is 15.5 Å². The highest BCUT2D eigenvalue weighted by atomic mass is 127. The molecule has 1 aliphatic rings. The van der Waals surface area contributed by atoms with Crippen LogP contribution in [0.4, 0.5) is 0 Å². The van der Waals surface area contributed by atoms with Gasteiger partial charge in [-0.25, -0.2) is 0 Å². The molecule has 1 heterocycles. The average Bonchev–Trinajstić information content (AvgIpc) is 2.52. The lowest BCUT2D eigenvalue weighted by Crippen LogP contribution is -2.48. The lowest BCUT2D eigenvalue weighted by Gasteiger charge is -2.33. The first-order valence-electron chi connectivity index (χ1n) is 9.07. The van der Waals surface area contributed by atoms with Crippen LogP contribution in [0.1, 0.15) is 34.6 Å². The quantitative estimate of drug-likeness (QED) is 0.258. The molecule has 0 radical (unpaired) electrons. The Hall–Kier alpha value is 0.0300. The van der Waals surface area contributed by atoms with Crippen molar-refractivity contribution >= 4 is 40.7 Å². The zero-order valence-electron chi connectivity index (χ0n) is 16.8. The number of rotatable bonds is 8. The van der Waals surface area contributed by atoms with E-state index in [0.29, 0.717) is 44.6 Å². The van der Waals surface area contributed by atoms with Crippen LogP contribution in [0.25, 0.3) is 0 Å². The van der Waals surface area contributed by atoms with Gasteiger partial charge in [-0.2, -0.15) is 0 Å². The molecule has 2 atom stereocenters. The molecule has 0 saturated carbocycles. The Labute approximate surface area is 178 Å². The van der Waals surface area contributed by atoms with Gasteiger partial charge in [0.05, 0.1) is 25.4 Å². The van der Waals surface area contributed by atoms with E-state index < -0.39 is 16.4 Å². The third-order valence-electron chi connectivity index (χ3n) is 3.85. The molecule has 1 saturated heterocycles. The predicted molar refractivity (Wildman–Crippen MR) is 120 cm³/mol. The van der Waals surface area contributed by atoms with Gasteiger partial charge in [0, 0.05) is 54.0 Å². The fourth-order valence-electron chi connectivity index (χ4n) is 2.45. The second-order valence-corrected chi connectivity index (χ2v) is 9.99. The molecular weight excluding hydrogens is 467 g/mol. The third kappa shape index (κ3) is 11.0. The topological polar surface area (TPSA) is 86.2 Å². The Morgan fingerprint density at radius 3 is 2.38 bits per heavy atom. The molecule has 0 spiro atoms. The molecule has 7 nitrogen and oxygen atoms in total. The van der Waals surface area contributed by atoms with Gasteiger partial charge in [0.15, 0.2) is 5.96 Å². The number of aliphatic imine (C=N–C) groups is 1. The molecule has 0 aromatic carbocycles. The summed E-state index contributed by atoms with van der Waals surface area (Å²) >= 11 is 0. The van der Waals surface area contributed by atoms with Crippen LogP contribution >= 0.6 is 24.0 Å². The number of guanidine groups is 1. The number of halogens is 1. The highest BCUT2D eigenvalue weighted by molar-refractivity contribution is 14.0. The van der Waals surface area contributed by atoms with Crippen LogP contribution in [-0.4, -0.2) is 88.8 Å². The number of hydrogen-bond donors (Lipinski definition) is 3. The van der Waals surface area contributed by atoms with E-state index in [1.165, 1.54) is 0 Å². The van der Waals surface area contributed by atoms with Gasteiger partial charge in [-0.1, -0.05) is 0 Å². The van der Waals surface area contributed by atoms with E-state index in [-0.39, 0.29) is 28.7 Å². The molecule has 9 heteroatoms. The van der Waals surface area contributed by atoms with Gasteiger partial charge >= 0.3 is 0 Å². The smallest absolute Gasteiger partial charge is 0.191 e. The van der Waals surface area contributed by atoms with Crippen molar-refractivity contribution in [2.24, 2.45) is 4.99 Å². The lowest BCUT2D eigenvalue weighted by atomic mass is 10.1. The van der Waals surface area contributed by atoms with Gasteiger partial charge in [0.1, 0.15) is 0 Å². The predicted octanol–water partition coefficient (Wildman–Crippen LogP) is 0.790. The van der Waals surface area contributed by atoms with Gasteiger partial charge in [-0.15, -0.1) is 24.0 Å². The van der Waals surface area contributed by atoms with Crippen molar-refractivity contribution < 1.29 is 14.1 Å². The van der Waals surface area contributed by atoms with E-state index in [2.05, 4.69) is 20.5 Å².